The second-order valence-corrected chi connectivity index (χ2v) is 5.20. The summed E-state index contributed by atoms with van der Waals surface area (Å²) in [4.78, 5) is 19.0. The van der Waals surface area contributed by atoms with Gasteiger partial charge in [-0.1, -0.05) is 13.3 Å². The molecule has 0 spiro atoms. The number of H-pyrrole nitrogens is 1. The van der Waals surface area contributed by atoms with Crippen LogP contribution in [-0.2, 0) is 6.42 Å². The second-order valence-electron chi connectivity index (χ2n) is 5.20. The minimum absolute atomic E-state index is 0.139. The average Bonchev–Trinajstić information content (AvgIpc) is 2.53. The molecule has 1 heterocycles. The Bertz CT molecular complexity index is 635. The molecule has 3 N–H and O–H groups in total. The lowest BCUT2D eigenvalue weighted by Crippen LogP contribution is -2.11. The topological polar surface area (TPSA) is 81.0 Å². The van der Waals surface area contributed by atoms with Crippen LogP contribution in [0.4, 0.5) is 0 Å². The van der Waals surface area contributed by atoms with Gasteiger partial charge in [-0.05, 0) is 50.1 Å². The van der Waals surface area contributed by atoms with Crippen molar-refractivity contribution in [1.29, 1.82) is 0 Å². The van der Waals surface area contributed by atoms with Gasteiger partial charge in [0.15, 0.2) is 0 Å². The van der Waals surface area contributed by atoms with E-state index in [1.807, 2.05) is 24.3 Å². The van der Waals surface area contributed by atoms with Crippen molar-refractivity contribution in [3.63, 3.8) is 0 Å². The van der Waals surface area contributed by atoms with Crippen LogP contribution in [0.5, 0.6) is 5.75 Å². The lowest BCUT2D eigenvalue weighted by atomic mass is 10.2. The summed E-state index contributed by atoms with van der Waals surface area (Å²) in [6.07, 6.45) is 3.68. The minimum Gasteiger partial charge on any atom is -0.494 e. The lowest BCUT2D eigenvalue weighted by molar-refractivity contribution is 0.309. The molecule has 0 aliphatic heterocycles. The lowest BCUT2D eigenvalue weighted by Gasteiger charge is -2.07. The maximum atomic E-state index is 11.7. The van der Waals surface area contributed by atoms with Gasteiger partial charge >= 0.3 is 0 Å². The zero-order chi connectivity index (χ0) is 15.8. The molecule has 2 rings (SSSR count). The Hall–Kier alpha value is -2.14. The van der Waals surface area contributed by atoms with Gasteiger partial charge in [-0.25, -0.2) is 4.98 Å². The molecule has 2 aromatic rings. The van der Waals surface area contributed by atoms with Crippen LogP contribution in [0.1, 0.15) is 31.9 Å². The predicted octanol–water partition coefficient (Wildman–Crippen LogP) is 2.51. The van der Waals surface area contributed by atoms with Crippen molar-refractivity contribution in [2.24, 2.45) is 5.73 Å². The van der Waals surface area contributed by atoms with Gasteiger partial charge in [-0.15, -0.1) is 0 Å². The van der Waals surface area contributed by atoms with Crippen LogP contribution >= 0.6 is 0 Å². The molecule has 1 aromatic heterocycles. The van der Waals surface area contributed by atoms with Crippen LogP contribution < -0.4 is 16.0 Å². The second kappa shape index (κ2) is 8.34. The number of hydrogen-bond donors (Lipinski definition) is 2. The van der Waals surface area contributed by atoms with Crippen molar-refractivity contribution in [3.8, 4) is 17.1 Å². The number of aromatic amines is 1. The van der Waals surface area contributed by atoms with Crippen LogP contribution in [-0.4, -0.2) is 23.1 Å². The molecule has 0 saturated heterocycles. The first-order valence-electron chi connectivity index (χ1n) is 7.76. The monoisotopic (exact) mass is 301 g/mol. The van der Waals surface area contributed by atoms with Gasteiger partial charge in [0.2, 0.25) is 0 Å². The van der Waals surface area contributed by atoms with Crippen molar-refractivity contribution < 1.29 is 4.74 Å². The van der Waals surface area contributed by atoms with Gasteiger partial charge in [-0.2, -0.15) is 0 Å². The van der Waals surface area contributed by atoms with E-state index in [4.69, 9.17) is 10.5 Å². The highest BCUT2D eigenvalue weighted by atomic mass is 16.5. The largest absolute Gasteiger partial charge is 0.494 e. The van der Waals surface area contributed by atoms with Crippen LogP contribution in [0.2, 0.25) is 0 Å². The summed E-state index contributed by atoms with van der Waals surface area (Å²) < 4.78 is 5.63. The highest BCUT2D eigenvalue weighted by molar-refractivity contribution is 5.56. The van der Waals surface area contributed by atoms with Gasteiger partial charge < -0.3 is 15.5 Å². The van der Waals surface area contributed by atoms with Crippen molar-refractivity contribution >= 4 is 0 Å². The highest BCUT2D eigenvalue weighted by Crippen LogP contribution is 2.19. The Morgan fingerprint density at radius 3 is 2.68 bits per heavy atom. The van der Waals surface area contributed by atoms with Gasteiger partial charge in [0.05, 0.1) is 6.61 Å². The first-order valence-corrected chi connectivity index (χ1v) is 7.76. The van der Waals surface area contributed by atoms with Crippen molar-refractivity contribution in [2.75, 3.05) is 13.2 Å². The van der Waals surface area contributed by atoms with E-state index >= 15 is 0 Å². The van der Waals surface area contributed by atoms with E-state index in [-0.39, 0.29) is 5.56 Å². The summed E-state index contributed by atoms with van der Waals surface area (Å²) in [5, 5.41) is 0. The maximum absolute atomic E-state index is 11.7. The van der Waals surface area contributed by atoms with Gasteiger partial charge in [0, 0.05) is 17.3 Å². The van der Waals surface area contributed by atoms with Crippen LogP contribution in [0.3, 0.4) is 0 Å². The number of benzene rings is 1. The number of nitrogens with two attached hydrogens (primary N) is 1. The van der Waals surface area contributed by atoms with E-state index in [0.29, 0.717) is 18.8 Å². The van der Waals surface area contributed by atoms with Gasteiger partial charge in [0.1, 0.15) is 11.6 Å². The van der Waals surface area contributed by atoms with E-state index in [0.717, 1.165) is 42.9 Å². The fourth-order valence-electron chi connectivity index (χ4n) is 2.10. The molecule has 0 unspecified atom stereocenters. The van der Waals surface area contributed by atoms with Crippen molar-refractivity contribution in [2.45, 2.75) is 32.6 Å². The van der Waals surface area contributed by atoms with E-state index < -0.39 is 0 Å². The molecule has 0 amide bonds. The number of hydrogen-bond acceptors (Lipinski definition) is 4. The van der Waals surface area contributed by atoms with E-state index in [2.05, 4.69) is 16.9 Å². The minimum atomic E-state index is -0.139. The van der Waals surface area contributed by atoms with Gasteiger partial charge in [0.25, 0.3) is 5.56 Å². The molecule has 22 heavy (non-hydrogen) atoms. The van der Waals surface area contributed by atoms with E-state index in [9.17, 15) is 4.79 Å². The third-order valence-electron chi connectivity index (χ3n) is 3.33. The normalized spacial score (nSPS) is 10.6. The number of aromatic nitrogens is 2. The molecule has 0 atom stereocenters. The number of aryl methyl sites for hydroxylation is 1. The summed E-state index contributed by atoms with van der Waals surface area (Å²) in [7, 11) is 0. The summed E-state index contributed by atoms with van der Waals surface area (Å²) >= 11 is 0. The molecule has 0 saturated carbocycles. The first kappa shape index (κ1) is 16.2. The number of unbranched alkanes of at least 4 members (excludes halogenated alkanes) is 1. The molecule has 0 bridgehead atoms. The standard InChI is InChI=1S/C17H23N3O2/c1-2-3-11-22-15-8-6-13(7-9-15)17-19-14(5-4-10-18)12-16(21)20-17/h6-9,12H,2-5,10-11,18H2,1H3,(H,19,20,21). The molecular weight excluding hydrogens is 278 g/mol. The maximum Gasteiger partial charge on any atom is 0.251 e. The summed E-state index contributed by atoms with van der Waals surface area (Å²) in [6.45, 7) is 3.44. The molecule has 0 aliphatic rings. The zero-order valence-electron chi connectivity index (χ0n) is 13.0. The third-order valence-corrected chi connectivity index (χ3v) is 3.33. The van der Waals surface area contributed by atoms with E-state index in [1.54, 1.807) is 0 Å². The smallest absolute Gasteiger partial charge is 0.251 e. The van der Waals surface area contributed by atoms with E-state index in [1.165, 1.54) is 6.07 Å². The Labute approximate surface area is 130 Å². The number of nitrogens with zero attached hydrogens (tertiary/aromatic N) is 1. The summed E-state index contributed by atoms with van der Waals surface area (Å²) in [6, 6.07) is 9.15. The molecule has 0 aliphatic carbocycles. The van der Waals surface area contributed by atoms with Crippen molar-refractivity contribution in [3.05, 3.63) is 46.4 Å². The number of rotatable bonds is 8. The summed E-state index contributed by atoms with van der Waals surface area (Å²) in [5.74, 6) is 1.42. The average molecular weight is 301 g/mol. The van der Waals surface area contributed by atoms with Crippen LogP contribution in [0.15, 0.2) is 35.1 Å². The Kier molecular flexibility index (Phi) is 6.15. The van der Waals surface area contributed by atoms with Gasteiger partial charge in [-0.3, -0.25) is 4.79 Å². The molecule has 118 valence electrons. The van der Waals surface area contributed by atoms with Crippen molar-refractivity contribution in [1.82, 2.24) is 9.97 Å². The van der Waals surface area contributed by atoms with Crippen LogP contribution in [0.25, 0.3) is 11.4 Å². The molecule has 5 nitrogen and oxygen atoms in total. The fourth-order valence-corrected chi connectivity index (χ4v) is 2.10. The summed E-state index contributed by atoms with van der Waals surface area (Å²) in [5.41, 5.74) is 7.00. The zero-order valence-corrected chi connectivity index (χ0v) is 13.0. The predicted molar refractivity (Wildman–Crippen MR) is 88.1 cm³/mol. The number of nitrogens with one attached hydrogen (secondary N) is 1. The molecule has 0 radical (unpaired) electrons. The third kappa shape index (κ3) is 4.70. The highest BCUT2D eigenvalue weighted by Gasteiger charge is 2.05. The fraction of sp³-hybridized carbons (Fsp3) is 0.412. The SMILES string of the molecule is CCCCOc1ccc(-c2nc(CCCN)cc(=O)[nH]2)cc1. The molecule has 0 fully saturated rings. The quantitative estimate of drug-likeness (QED) is 0.734. The molecular formula is C17H23N3O2. The Morgan fingerprint density at radius 1 is 1.23 bits per heavy atom. The Morgan fingerprint density at radius 2 is 2.00 bits per heavy atom. The Balaban J connectivity index is 2.13. The number of ether oxygens (including phenoxy) is 1. The van der Waals surface area contributed by atoms with Crippen LogP contribution in [0, 0.1) is 0 Å². The molecule has 5 heteroatoms. The molecule has 1 aromatic carbocycles. The first-order chi connectivity index (χ1) is 10.7.